The van der Waals surface area contributed by atoms with E-state index in [4.69, 9.17) is 9.72 Å². The standard InChI is InChI=1S/C23H24N6O.C3H6O/c1-28-10-12-29(13-11-28)16-19-4-2-17-14-20(5-6-21(17)26-19)30-23-7-3-18(15-24-23)22-8-9-25-27-22;1-2-3-4/h2-9,14-15H,10-13,16H2,1H3,(H,25,27);3H,2H2,1H3. The lowest BCUT2D eigenvalue weighted by atomic mass is 10.2. The minimum absolute atomic E-state index is 0.553. The number of nitrogens with one attached hydrogen (secondary N) is 1. The maximum absolute atomic E-state index is 9.17. The predicted octanol–water partition coefficient (Wildman–Crippen LogP) is 4.15. The summed E-state index contributed by atoms with van der Waals surface area (Å²) < 4.78 is 5.94. The number of fused-ring (bicyclic) bond motifs is 1. The number of ether oxygens (including phenoxy) is 1. The van der Waals surface area contributed by atoms with Crippen LogP contribution in [0.25, 0.3) is 22.2 Å². The van der Waals surface area contributed by atoms with Crippen molar-refractivity contribution >= 4 is 17.2 Å². The number of nitrogens with zero attached hydrogens (tertiary/aromatic N) is 5. The molecule has 8 nitrogen and oxygen atoms in total. The molecule has 34 heavy (non-hydrogen) atoms. The molecule has 1 aromatic carbocycles. The molecule has 0 saturated carbocycles. The van der Waals surface area contributed by atoms with Crippen molar-refractivity contribution in [2.45, 2.75) is 19.9 Å². The number of aldehydes is 1. The van der Waals surface area contributed by atoms with Crippen molar-refractivity contribution in [3.8, 4) is 22.9 Å². The van der Waals surface area contributed by atoms with Crippen LogP contribution >= 0.6 is 0 Å². The maximum Gasteiger partial charge on any atom is 0.219 e. The molecule has 5 rings (SSSR count). The molecule has 1 N–H and O–H groups in total. The molecule has 4 aromatic rings. The van der Waals surface area contributed by atoms with Gasteiger partial charge in [0.15, 0.2) is 0 Å². The number of aromatic amines is 1. The molecule has 3 aromatic heterocycles. The molecular formula is C26H30N6O2. The smallest absolute Gasteiger partial charge is 0.219 e. The largest absolute Gasteiger partial charge is 0.439 e. The van der Waals surface area contributed by atoms with Crippen molar-refractivity contribution in [1.29, 1.82) is 0 Å². The lowest BCUT2D eigenvalue weighted by Crippen LogP contribution is -2.43. The number of benzene rings is 1. The highest BCUT2D eigenvalue weighted by molar-refractivity contribution is 5.80. The Morgan fingerprint density at radius 3 is 2.56 bits per heavy atom. The zero-order chi connectivity index (χ0) is 23.8. The van der Waals surface area contributed by atoms with Crippen LogP contribution in [0.15, 0.2) is 60.9 Å². The first-order chi connectivity index (χ1) is 16.6. The van der Waals surface area contributed by atoms with Crippen LogP contribution < -0.4 is 4.74 Å². The molecule has 1 saturated heterocycles. The van der Waals surface area contributed by atoms with Crippen molar-refractivity contribution in [3.05, 3.63) is 66.6 Å². The average molecular weight is 459 g/mol. The quantitative estimate of drug-likeness (QED) is 0.434. The normalized spacial score (nSPS) is 14.4. The molecule has 1 aliphatic rings. The first-order valence-corrected chi connectivity index (χ1v) is 11.5. The second-order valence-electron chi connectivity index (χ2n) is 8.27. The molecule has 0 radical (unpaired) electrons. The van der Waals surface area contributed by atoms with E-state index in [9.17, 15) is 4.79 Å². The van der Waals surface area contributed by atoms with Gasteiger partial charge in [0.2, 0.25) is 5.88 Å². The van der Waals surface area contributed by atoms with Gasteiger partial charge < -0.3 is 14.4 Å². The monoisotopic (exact) mass is 458 g/mol. The minimum Gasteiger partial charge on any atom is -0.439 e. The van der Waals surface area contributed by atoms with Crippen LogP contribution in [0.1, 0.15) is 19.0 Å². The number of rotatable bonds is 6. The van der Waals surface area contributed by atoms with Gasteiger partial charge in [0.25, 0.3) is 0 Å². The Kier molecular flexibility index (Phi) is 7.95. The number of pyridine rings is 2. The van der Waals surface area contributed by atoms with E-state index in [2.05, 4.69) is 44.2 Å². The molecule has 0 amide bonds. The van der Waals surface area contributed by atoms with E-state index in [1.54, 1.807) is 12.4 Å². The molecule has 176 valence electrons. The fourth-order valence-corrected chi connectivity index (χ4v) is 3.67. The molecule has 1 aliphatic heterocycles. The fourth-order valence-electron chi connectivity index (χ4n) is 3.67. The van der Waals surface area contributed by atoms with Crippen molar-refractivity contribution < 1.29 is 9.53 Å². The molecule has 1 fully saturated rings. The Morgan fingerprint density at radius 1 is 1.06 bits per heavy atom. The van der Waals surface area contributed by atoms with E-state index in [1.807, 2.05) is 43.3 Å². The van der Waals surface area contributed by atoms with Crippen LogP contribution in [0.5, 0.6) is 11.6 Å². The fraction of sp³-hybridized carbons (Fsp3) is 0.308. The third kappa shape index (κ3) is 6.24. The van der Waals surface area contributed by atoms with Gasteiger partial charge in [-0.25, -0.2) is 4.98 Å². The number of carbonyl (C=O) groups excluding carboxylic acids is 1. The van der Waals surface area contributed by atoms with Gasteiger partial charge in [0.1, 0.15) is 12.0 Å². The van der Waals surface area contributed by atoms with Crippen molar-refractivity contribution in [1.82, 2.24) is 30.0 Å². The SMILES string of the molecule is CCC=O.CN1CCN(Cc2ccc3cc(Oc4ccc(-c5ccn[nH]5)cn4)ccc3n2)CC1. The van der Waals surface area contributed by atoms with Gasteiger partial charge >= 0.3 is 0 Å². The Morgan fingerprint density at radius 2 is 1.88 bits per heavy atom. The van der Waals surface area contributed by atoms with Crippen molar-refractivity contribution in [2.75, 3.05) is 33.2 Å². The predicted molar refractivity (Wildman–Crippen MR) is 133 cm³/mol. The van der Waals surface area contributed by atoms with E-state index in [1.165, 1.54) is 0 Å². The molecule has 0 spiro atoms. The number of H-pyrrole nitrogens is 1. The summed E-state index contributed by atoms with van der Waals surface area (Å²) in [5.41, 5.74) is 3.99. The van der Waals surface area contributed by atoms with Gasteiger partial charge in [-0.1, -0.05) is 13.0 Å². The summed E-state index contributed by atoms with van der Waals surface area (Å²) in [5.74, 6) is 1.30. The molecular weight excluding hydrogens is 428 g/mol. The number of likely N-dealkylation sites (N-methyl/N-ethyl adjacent to an activating group) is 1. The van der Waals surface area contributed by atoms with Gasteiger partial charge in [-0.3, -0.25) is 15.0 Å². The zero-order valence-electron chi connectivity index (χ0n) is 19.6. The highest BCUT2D eigenvalue weighted by atomic mass is 16.5. The van der Waals surface area contributed by atoms with Gasteiger partial charge in [0.05, 0.1) is 16.9 Å². The van der Waals surface area contributed by atoms with Crippen LogP contribution in [0.3, 0.4) is 0 Å². The lowest BCUT2D eigenvalue weighted by Gasteiger charge is -2.32. The summed E-state index contributed by atoms with van der Waals surface area (Å²) in [5, 5.41) is 7.96. The van der Waals surface area contributed by atoms with Gasteiger partial charge in [0, 0.05) is 68.6 Å². The maximum atomic E-state index is 9.17. The molecule has 0 atom stereocenters. The number of carbonyl (C=O) groups is 1. The van der Waals surface area contributed by atoms with E-state index >= 15 is 0 Å². The van der Waals surface area contributed by atoms with Gasteiger partial charge in [-0.05, 0) is 43.4 Å². The summed E-state index contributed by atoms with van der Waals surface area (Å²) >= 11 is 0. The number of piperazine rings is 1. The van der Waals surface area contributed by atoms with Crippen LogP contribution in [0, 0.1) is 0 Å². The molecule has 0 unspecified atom stereocenters. The highest BCUT2D eigenvalue weighted by Gasteiger charge is 2.14. The molecule has 8 heteroatoms. The van der Waals surface area contributed by atoms with Crippen LogP contribution in [0.4, 0.5) is 0 Å². The van der Waals surface area contributed by atoms with E-state index < -0.39 is 0 Å². The van der Waals surface area contributed by atoms with E-state index in [-0.39, 0.29) is 0 Å². The first kappa shape index (κ1) is 23.5. The summed E-state index contributed by atoms with van der Waals surface area (Å²) in [6.45, 7) is 7.13. The summed E-state index contributed by atoms with van der Waals surface area (Å²) in [4.78, 5) is 23.2. The molecule has 4 heterocycles. The van der Waals surface area contributed by atoms with Crippen LogP contribution in [-0.4, -0.2) is 69.5 Å². The zero-order valence-corrected chi connectivity index (χ0v) is 19.6. The Labute approximate surface area is 199 Å². The summed E-state index contributed by atoms with van der Waals surface area (Å²) in [6.07, 6.45) is 5.01. The summed E-state index contributed by atoms with van der Waals surface area (Å²) in [7, 11) is 2.18. The third-order valence-corrected chi connectivity index (χ3v) is 5.64. The van der Waals surface area contributed by atoms with Gasteiger partial charge in [-0.2, -0.15) is 5.10 Å². The highest BCUT2D eigenvalue weighted by Crippen LogP contribution is 2.25. The lowest BCUT2D eigenvalue weighted by molar-refractivity contribution is -0.107. The summed E-state index contributed by atoms with van der Waals surface area (Å²) in [6, 6.07) is 15.9. The topological polar surface area (TPSA) is 87.2 Å². The average Bonchev–Trinajstić information content (AvgIpc) is 3.41. The van der Waals surface area contributed by atoms with E-state index in [0.29, 0.717) is 12.3 Å². The minimum atomic E-state index is 0.553. The number of hydrogen-bond donors (Lipinski definition) is 1. The first-order valence-electron chi connectivity index (χ1n) is 11.5. The molecule has 0 aliphatic carbocycles. The molecule has 0 bridgehead atoms. The van der Waals surface area contributed by atoms with Gasteiger partial charge in [-0.15, -0.1) is 0 Å². The van der Waals surface area contributed by atoms with Crippen molar-refractivity contribution in [3.63, 3.8) is 0 Å². The number of hydrogen-bond acceptors (Lipinski definition) is 7. The number of aromatic nitrogens is 4. The Balaban J connectivity index is 0.000000636. The van der Waals surface area contributed by atoms with E-state index in [0.717, 1.165) is 72.6 Å². The van der Waals surface area contributed by atoms with Crippen molar-refractivity contribution in [2.24, 2.45) is 0 Å². The Hall–Kier alpha value is -3.62. The van der Waals surface area contributed by atoms with Crippen LogP contribution in [-0.2, 0) is 11.3 Å². The second-order valence-corrected chi connectivity index (χ2v) is 8.27. The second kappa shape index (κ2) is 11.5. The third-order valence-electron chi connectivity index (χ3n) is 5.64. The Bertz CT molecular complexity index is 1190. The van der Waals surface area contributed by atoms with Crippen LogP contribution in [0.2, 0.25) is 0 Å².